The number of aromatic nitrogens is 1. The number of nitrogens with zero attached hydrogens (tertiary/aromatic N) is 2. The van der Waals surface area contributed by atoms with Crippen LogP contribution in [0.2, 0.25) is 0 Å². The van der Waals surface area contributed by atoms with Gasteiger partial charge < -0.3 is 10.6 Å². The van der Waals surface area contributed by atoms with E-state index in [1.807, 2.05) is 24.3 Å². The van der Waals surface area contributed by atoms with E-state index in [-0.39, 0.29) is 12.3 Å². The molecule has 0 aliphatic carbocycles. The van der Waals surface area contributed by atoms with Crippen LogP contribution in [0.3, 0.4) is 0 Å². The lowest BCUT2D eigenvalue weighted by molar-refractivity contribution is -0.123. The van der Waals surface area contributed by atoms with Crippen molar-refractivity contribution in [3.8, 4) is 0 Å². The van der Waals surface area contributed by atoms with E-state index >= 15 is 0 Å². The van der Waals surface area contributed by atoms with Crippen LogP contribution in [-0.4, -0.2) is 23.3 Å². The van der Waals surface area contributed by atoms with E-state index < -0.39 is 11.8 Å². The maximum Gasteiger partial charge on any atom is 0.227 e. The summed E-state index contributed by atoms with van der Waals surface area (Å²) in [7, 11) is 0. The molecule has 1 aliphatic heterocycles. The molecule has 1 aromatic carbocycles. The van der Waals surface area contributed by atoms with Crippen molar-refractivity contribution in [3.63, 3.8) is 0 Å². The van der Waals surface area contributed by atoms with Gasteiger partial charge in [0.15, 0.2) is 0 Å². The summed E-state index contributed by atoms with van der Waals surface area (Å²) in [6.45, 7) is 0.349. The van der Waals surface area contributed by atoms with Gasteiger partial charge in [-0.2, -0.15) is 0 Å². The van der Waals surface area contributed by atoms with Crippen molar-refractivity contribution in [1.29, 1.82) is 0 Å². The van der Waals surface area contributed by atoms with Crippen LogP contribution in [0.5, 0.6) is 0 Å². The molecule has 1 atom stereocenters. The molecule has 0 saturated carbocycles. The Bertz CT molecular complexity index is 663. The Labute approximate surface area is 110 Å². The summed E-state index contributed by atoms with van der Waals surface area (Å²) in [4.78, 5) is 29.0. The van der Waals surface area contributed by atoms with Crippen molar-refractivity contribution in [2.24, 2.45) is 11.7 Å². The highest BCUT2D eigenvalue weighted by Gasteiger charge is 2.34. The van der Waals surface area contributed by atoms with Gasteiger partial charge in [0.25, 0.3) is 0 Å². The molecule has 2 amide bonds. The van der Waals surface area contributed by atoms with Crippen molar-refractivity contribution in [2.45, 2.75) is 6.42 Å². The van der Waals surface area contributed by atoms with Gasteiger partial charge in [-0.25, -0.2) is 0 Å². The van der Waals surface area contributed by atoms with Gasteiger partial charge >= 0.3 is 0 Å². The molecule has 3 rings (SSSR count). The summed E-state index contributed by atoms with van der Waals surface area (Å²) in [6.07, 6.45) is 3.63. The van der Waals surface area contributed by atoms with Crippen molar-refractivity contribution in [3.05, 3.63) is 36.7 Å². The minimum Gasteiger partial charge on any atom is -0.369 e. The number of benzene rings is 1. The first-order valence-corrected chi connectivity index (χ1v) is 6.09. The van der Waals surface area contributed by atoms with Gasteiger partial charge in [0.1, 0.15) is 0 Å². The van der Waals surface area contributed by atoms with Crippen LogP contribution in [0.1, 0.15) is 6.42 Å². The molecule has 96 valence electrons. The van der Waals surface area contributed by atoms with Crippen molar-refractivity contribution in [1.82, 2.24) is 4.98 Å². The van der Waals surface area contributed by atoms with E-state index in [0.29, 0.717) is 6.54 Å². The van der Waals surface area contributed by atoms with E-state index in [4.69, 9.17) is 5.73 Å². The zero-order valence-corrected chi connectivity index (χ0v) is 10.2. The van der Waals surface area contributed by atoms with Crippen LogP contribution in [0.4, 0.5) is 5.69 Å². The fraction of sp³-hybridized carbons (Fsp3) is 0.214. The molecule has 5 heteroatoms. The Balaban J connectivity index is 2.05. The normalized spacial score (nSPS) is 19.1. The fourth-order valence-electron chi connectivity index (χ4n) is 2.46. The number of primary amides is 1. The molecule has 2 aromatic rings. The van der Waals surface area contributed by atoms with Gasteiger partial charge in [0.2, 0.25) is 11.8 Å². The third kappa shape index (κ3) is 1.93. The van der Waals surface area contributed by atoms with Crippen molar-refractivity contribution in [2.75, 3.05) is 11.4 Å². The molecule has 1 unspecified atom stereocenters. The largest absolute Gasteiger partial charge is 0.369 e. The standard InChI is InChI=1S/C14H13N3O2/c15-14(19)10-6-13(18)17(8-10)12-3-1-2-9-4-5-16-7-11(9)12/h1-5,7,10H,6,8H2,(H2,15,19). The second kappa shape index (κ2) is 4.35. The number of pyridine rings is 1. The second-order valence-corrected chi connectivity index (χ2v) is 4.68. The molecular formula is C14H13N3O2. The number of rotatable bonds is 2. The smallest absolute Gasteiger partial charge is 0.227 e. The Kier molecular flexibility index (Phi) is 2.67. The molecule has 0 radical (unpaired) electrons. The Hall–Kier alpha value is -2.43. The highest BCUT2D eigenvalue weighted by molar-refractivity contribution is 6.06. The first-order valence-electron chi connectivity index (χ1n) is 6.09. The summed E-state index contributed by atoms with van der Waals surface area (Å²) >= 11 is 0. The zero-order valence-electron chi connectivity index (χ0n) is 10.2. The molecule has 1 aromatic heterocycles. The third-order valence-corrected chi connectivity index (χ3v) is 3.48. The molecular weight excluding hydrogens is 242 g/mol. The molecule has 1 aliphatic rings. The topological polar surface area (TPSA) is 76.3 Å². The van der Waals surface area contributed by atoms with Crippen molar-refractivity contribution >= 4 is 28.3 Å². The summed E-state index contributed by atoms with van der Waals surface area (Å²) in [5.41, 5.74) is 6.07. The number of carbonyl (C=O) groups excluding carboxylic acids is 2. The Morgan fingerprint density at radius 1 is 1.37 bits per heavy atom. The van der Waals surface area contributed by atoms with Crippen molar-refractivity contribution < 1.29 is 9.59 Å². The van der Waals surface area contributed by atoms with Gasteiger partial charge in [-0.05, 0) is 17.5 Å². The summed E-state index contributed by atoms with van der Waals surface area (Å²) < 4.78 is 0. The fourth-order valence-corrected chi connectivity index (χ4v) is 2.46. The maximum absolute atomic E-state index is 12.0. The molecule has 0 bridgehead atoms. The molecule has 1 saturated heterocycles. The highest BCUT2D eigenvalue weighted by Crippen LogP contribution is 2.30. The number of hydrogen-bond acceptors (Lipinski definition) is 3. The number of amides is 2. The predicted octanol–water partition coefficient (Wildman–Crippen LogP) is 1.07. The lowest BCUT2D eigenvalue weighted by atomic mass is 10.1. The van der Waals surface area contributed by atoms with Gasteiger partial charge in [0.05, 0.1) is 11.6 Å². The number of hydrogen-bond donors (Lipinski definition) is 1. The summed E-state index contributed by atoms with van der Waals surface area (Å²) in [6, 6.07) is 7.62. The van der Waals surface area contributed by atoms with E-state index in [1.165, 1.54) is 0 Å². The molecule has 1 fully saturated rings. The Morgan fingerprint density at radius 3 is 2.95 bits per heavy atom. The minimum absolute atomic E-state index is 0.0693. The molecule has 19 heavy (non-hydrogen) atoms. The van der Waals surface area contributed by atoms with Gasteiger partial charge in [-0.1, -0.05) is 12.1 Å². The zero-order chi connectivity index (χ0) is 13.4. The van der Waals surface area contributed by atoms with Gasteiger partial charge in [-0.15, -0.1) is 0 Å². The lowest BCUT2D eigenvalue weighted by Gasteiger charge is -2.18. The lowest BCUT2D eigenvalue weighted by Crippen LogP contribution is -2.28. The average molecular weight is 255 g/mol. The summed E-state index contributed by atoms with van der Waals surface area (Å²) in [5, 5.41) is 1.92. The first-order chi connectivity index (χ1) is 9.16. The van der Waals surface area contributed by atoms with Crippen LogP contribution in [0.15, 0.2) is 36.7 Å². The second-order valence-electron chi connectivity index (χ2n) is 4.68. The van der Waals surface area contributed by atoms with Crippen LogP contribution in [0.25, 0.3) is 10.8 Å². The number of anilines is 1. The molecule has 2 heterocycles. The first kappa shape index (κ1) is 11.6. The van der Waals surface area contributed by atoms with Crippen LogP contribution >= 0.6 is 0 Å². The van der Waals surface area contributed by atoms with Crippen LogP contribution in [0, 0.1) is 5.92 Å². The monoisotopic (exact) mass is 255 g/mol. The van der Waals surface area contributed by atoms with Gasteiger partial charge in [0, 0.05) is 30.7 Å². The Morgan fingerprint density at radius 2 is 2.21 bits per heavy atom. The minimum atomic E-state index is -0.422. The van der Waals surface area contributed by atoms with E-state index in [0.717, 1.165) is 16.5 Å². The summed E-state index contributed by atoms with van der Waals surface area (Å²) in [5.74, 6) is -0.895. The number of carbonyl (C=O) groups is 2. The maximum atomic E-state index is 12.0. The molecule has 2 N–H and O–H groups in total. The molecule has 5 nitrogen and oxygen atoms in total. The van der Waals surface area contributed by atoms with Gasteiger partial charge in [-0.3, -0.25) is 14.6 Å². The van der Waals surface area contributed by atoms with Crippen LogP contribution in [-0.2, 0) is 9.59 Å². The predicted molar refractivity (Wildman–Crippen MR) is 71.4 cm³/mol. The third-order valence-electron chi connectivity index (χ3n) is 3.48. The SMILES string of the molecule is NC(=O)C1CC(=O)N(c2cccc3ccncc23)C1. The quantitative estimate of drug-likeness (QED) is 0.872. The average Bonchev–Trinajstić information content (AvgIpc) is 2.80. The number of nitrogens with two attached hydrogens (primary N) is 1. The molecule has 0 spiro atoms. The van der Waals surface area contributed by atoms with E-state index in [2.05, 4.69) is 4.98 Å². The van der Waals surface area contributed by atoms with Crippen LogP contribution < -0.4 is 10.6 Å². The van der Waals surface area contributed by atoms with E-state index in [1.54, 1.807) is 17.3 Å². The van der Waals surface area contributed by atoms with E-state index in [9.17, 15) is 9.59 Å². The number of fused-ring (bicyclic) bond motifs is 1. The highest BCUT2D eigenvalue weighted by atomic mass is 16.2.